The van der Waals surface area contributed by atoms with Crippen LogP contribution >= 0.6 is 0 Å². The van der Waals surface area contributed by atoms with Crippen molar-refractivity contribution < 1.29 is 33.6 Å². The smallest absolute Gasteiger partial charge is 0.347 e. The van der Waals surface area contributed by atoms with Crippen LogP contribution in [0.1, 0.15) is 23.5 Å². The number of nitrogens with zero attached hydrogens (tertiary/aromatic N) is 8. The monoisotopic (exact) mass is 710 g/mol. The molecular weight excluding hydrogens is 661 g/mol. The molecule has 2 fully saturated rings. The SMILES string of the molecule is C[Si](C)(C)CCOCn1nc(C(C(=O)C(c2cc([N+](=O)[O-])n(COCC[Si](C)(C)C)n2)N2CCOCC2)N2CCOCC2)cc1[N+](=O)[O-]. The summed E-state index contributed by atoms with van der Waals surface area (Å²) in [5.74, 6) is -0.929. The zero-order chi connectivity index (χ0) is 35.1. The average Bonchev–Trinajstić information content (AvgIpc) is 3.63. The van der Waals surface area contributed by atoms with Gasteiger partial charge in [-0.1, -0.05) is 49.5 Å². The maximum absolute atomic E-state index is 14.9. The normalized spacial score (nSPS) is 18.1. The number of Topliss-reactive ketones (excluding diaryl/α,β-unsaturated/α-hetero) is 1. The van der Waals surface area contributed by atoms with Crippen molar-refractivity contribution in [3.05, 3.63) is 43.7 Å². The second-order valence-corrected chi connectivity index (χ2v) is 25.8. The quantitative estimate of drug-likeness (QED) is 0.0949. The van der Waals surface area contributed by atoms with Gasteiger partial charge < -0.3 is 39.2 Å². The van der Waals surface area contributed by atoms with Crippen molar-refractivity contribution in [3.8, 4) is 0 Å². The molecule has 2 aromatic rings. The first-order valence-corrected chi connectivity index (χ1v) is 23.8. The highest BCUT2D eigenvalue weighted by Crippen LogP contribution is 2.35. The van der Waals surface area contributed by atoms with Gasteiger partial charge in [-0.3, -0.25) is 14.6 Å². The maximum Gasteiger partial charge on any atom is 0.347 e. The molecule has 19 heteroatoms. The molecule has 2 saturated heterocycles. The highest BCUT2D eigenvalue weighted by molar-refractivity contribution is 6.76. The number of carbonyl (C=O) groups is 1. The second kappa shape index (κ2) is 16.7. The van der Waals surface area contributed by atoms with E-state index in [-0.39, 0.29) is 42.3 Å². The van der Waals surface area contributed by atoms with Crippen LogP contribution in [0.15, 0.2) is 12.1 Å². The molecule has 2 atom stereocenters. The number of ether oxygens (including phenoxy) is 4. The van der Waals surface area contributed by atoms with Crippen molar-refractivity contribution in [1.82, 2.24) is 29.4 Å². The van der Waals surface area contributed by atoms with E-state index in [1.807, 2.05) is 9.80 Å². The molecule has 0 radical (unpaired) electrons. The van der Waals surface area contributed by atoms with E-state index in [0.717, 1.165) is 12.1 Å². The van der Waals surface area contributed by atoms with Crippen LogP contribution in [-0.4, -0.2) is 127 Å². The van der Waals surface area contributed by atoms with Gasteiger partial charge in [-0.15, -0.1) is 9.36 Å². The van der Waals surface area contributed by atoms with E-state index >= 15 is 0 Å². The summed E-state index contributed by atoms with van der Waals surface area (Å²) < 4.78 is 25.1. The molecule has 0 N–H and O–H groups in total. The lowest BCUT2D eigenvalue weighted by molar-refractivity contribution is -0.393. The Bertz CT molecular complexity index is 1290. The van der Waals surface area contributed by atoms with Crippen molar-refractivity contribution in [2.45, 2.75) is 76.9 Å². The molecule has 0 aromatic carbocycles. The summed E-state index contributed by atoms with van der Waals surface area (Å²) >= 11 is 0. The molecule has 0 bridgehead atoms. The van der Waals surface area contributed by atoms with E-state index in [1.54, 1.807) is 0 Å². The van der Waals surface area contributed by atoms with Crippen LogP contribution in [0.5, 0.6) is 0 Å². The van der Waals surface area contributed by atoms with Crippen LogP contribution in [0.3, 0.4) is 0 Å². The van der Waals surface area contributed by atoms with Crippen molar-refractivity contribution in [1.29, 1.82) is 0 Å². The lowest BCUT2D eigenvalue weighted by Crippen LogP contribution is -2.48. The first kappa shape index (κ1) is 37.9. The third-order valence-electron chi connectivity index (χ3n) is 8.27. The number of nitro groups is 2. The van der Waals surface area contributed by atoms with E-state index < -0.39 is 38.1 Å². The number of morpholine rings is 2. The van der Waals surface area contributed by atoms with Gasteiger partial charge in [-0.05, 0) is 21.9 Å². The minimum absolute atomic E-state index is 0.133. The van der Waals surface area contributed by atoms with Gasteiger partial charge >= 0.3 is 11.6 Å². The molecule has 48 heavy (non-hydrogen) atoms. The minimum Gasteiger partial charge on any atom is -0.379 e. The maximum atomic E-state index is 14.9. The highest BCUT2D eigenvalue weighted by Gasteiger charge is 2.43. The fraction of sp³-hybridized carbons (Fsp3) is 0.759. The molecule has 2 aromatic heterocycles. The Balaban J connectivity index is 1.71. The summed E-state index contributed by atoms with van der Waals surface area (Å²) in [5, 5.41) is 33.4. The number of rotatable bonds is 18. The molecule has 2 aliphatic rings. The van der Waals surface area contributed by atoms with E-state index in [2.05, 4.69) is 49.5 Å². The number of hydrogen-bond acceptors (Lipinski definition) is 13. The number of aromatic nitrogens is 4. The Kier molecular flexibility index (Phi) is 13.2. The average molecular weight is 711 g/mol. The summed E-state index contributed by atoms with van der Waals surface area (Å²) in [4.78, 5) is 41.9. The lowest BCUT2D eigenvalue weighted by Gasteiger charge is -2.37. The van der Waals surface area contributed by atoms with Gasteiger partial charge in [0.15, 0.2) is 5.78 Å². The van der Waals surface area contributed by atoms with Crippen LogP contribution in [-0.2, 0) is 37.2 Å². The van der Waals surface area contributed by atoms with Gasteiger partial charge in [0.2, 0.25) is 13.5 Å². The number of carbonyl (C=O) groups excluding carboxylic acids is 1. The highest BCUT2D eigenvalue weighted by atomic mass is 28.3. The molecule has 0 aliphatic carbocycles. The van der Waals surface area contributed by atoms with Crippen molar-refractivity contribution >= 4 is 33.6 Å². The molecule has 0 saturated carbocycles. The Labute approximate surface area is 282 Å². The first-order valence-electron chi connectivity index (χ1n) is 16.4. The summed E-state index contributed by atoms with van der Waals surface area (Å²) in [6.45, 7) is 16.9. The van der Waals surface area contributed by atoms with Gasteiger partial charge in [-0.25, -0.2) is 0 Å². The molecule has 0 amide bonds. The summed E-state index contributed by atoms with van der Waals surface area (Å²) in [6.07, 6.45) is 0. The Morgan fingerprint density at radius 1 is 0.750 bits per heavy atom. The molecule has 268 valence electrons. The van der Waals surface area contributed by atoms with Crippen LogP contribution in [0.25, 0.3) is 0 Å². The van der Waals surface area contributed by atoms with Crippen LogP contribution in [0.4, 0.5) is 11.6 Å². The van der Waals surface area contributed by atoms with Crippen molar-refractivity contribution in [2.75, 3.05) is 65.8 Å². The molecule has 2 aliphatic heterocycles. The van der Waals surface area contributed by atoms with Gasteiger partial charge in [0, 0.05) is 55.5 Å². The fourth-order valence-electron chi connectivity index (χ4n) is 5.51. The van der Waals surface area contributed by atoms with E-state index in [9.17, 15) is 25.0 Å². The van der Waals surface area contributed by atoms with E-state index in [4.69, 9.17) is 18.9 Å². The largest absolute Gasteiger partial charge is 0.379 e. The first-order chi connectivity index (χ1) is 22.6. The van der Waals surface area contributed by atoms with Crippen molar-refractivity contribution in [2.24, 2.45) is 0 Å². The Hall–Kier alpha value is -2.92. The van der Waals surface area contributed by atoms with E-state index in [0.29, 0.717) is 65.8 Å². The zero-order valence-electron chi connectivity index (χ0n) is 29.0. The molecule has 17 nitrogen and oxygen atoms in total. The van der Waals surface area contributed by atoms with Gasteiger partial charge in [0.05, 0.1) is 38.6 Å². The van der Waals surface area contributed by atoms with Crippen LogP contribution < -0.4 is 0 Å². The zero-order valence-corrected chi connectivity index (χ0v) is 31.0. The molecule has 0 spiro atoms. The lowest BCUT2D eigenvalue weighted by atomic mass is 9.96. The van der Waals surface area contributed by atoms with Gasteiger partial charge in [-0.2, -0.15) is 0 Å². The van der Waals surface area contributed by atoms with Gasteiger partial charge in [0.1, 0.15) is 23.5 Å². The van der Waals surface area contributed by atoms with Gasteiger partial charge in [0.25, 0.3) is 0 Å². The number of ketones is 1. The molecule has 4 heterocycles. The van der Waals surface area contributed by atoms with E-state index in [1.165, 1.54) is 21.5 Å². The standard InChI is InChI=1S/C29H50N8O9Si2/c1-47(2,3)17-15-45-21-34-25(36(39)40)19-23(30-34)27(32-7-11-43-12-8-32)29(38)28(33-9-13-44-14-10-33)24-20-26(37(41)42)35(31-24)22-46-16-18-48(4,5)6/h19-20,27-28H,7-18,21-22H2,1-6H3. The minimum atomic E-state index is -1.39. The Morgan fingerprint density at radius 2 is 1.10 bits per heavy atom. The summed E-state index contributed by atoms with van der Waals surface area (Å²) in [7, 11) is -2.78. The fourth-order valence-corrected chi connectivity index (χ4v) is 7.02. The third-order valence-corrected chi connectivity index (χ3v) is 11.7. The predicted octanol–water partition coefficient (Wildman–Crippen LogP) is 3.54. The summed E-state index contributed by atoms with van der Waals surface area (Å²) in [5.41, 5.74) is 0.397. The van der Waals surface area contributed by atoms with Crippen LogP contribution in [0, 0.1) is 20.2 Å². The third kappa shape index (κ3) is 10.5. The molecular formula is C29H50N8O9Si2. The summed E-state index contributed by atoms with van der Waals surface area (Å²) in [6, 6.07) is 2.38. The second-order valence-electron chi connectivity index (χ2n) is 14.6. The molecule has 2 unspecified atom stereocenters. The van der Waals surface area contributed by atoms with Crippen molar-refractivity contribution in [3.63, 3.8) is 0 Å². The predicted molar refractivity (Wildman–Crippen MR) is 181 cm³/mol. The van der Waals surface area contributed by atoms with Crippen LogP contribution in [0.2, 0.25) is 51.4 Å². The topological polar surface area (TPSA) is 182 Å². The molecule has 4 rings (SSSR count). The Morgan fingerprint density at radius 3 is 1.42 bits per heavy atom. The number of hydrogen-bond donors (Lipinski definition) is 0.